The van der Waals surface area contributed by atoms with E-state index in [1.165, 1.54) is 21.4 Å². The van der Waals surface area contributed by atoms with Gasteiger partial charge in [0.2, 0.25) is 5.91 Å². The van der Waals surface area contributed by atoms with Gasteiger partial charge in [-0.05, 0) is 24.0 Å². The minimum atomic E-state index is -0.728. The lowest BCUT2D eigenvalue weighted by Crippen LogP contribution is -2.47. The van der Waals surface area contributed by atoms with E-state index >= 15 is 0 Å². The second-order valence-corrected chi connectivity index (χ2v) is 8.42. The summed E-state index contributed by atoms with van der Waals surface area (Å²) in [6, 6.07) is 8.62. The molecule has 3 N–H and O–H groups in total. The molecule has 0 spiro atoms. The maximum absolute atomic E-state index is 13.2. The van der Waals surface area contributed by atoms with Crippen LogP contribution in [0.2, 0.25) is 0 Å². The van der Waals surface area contributed by atoms with Crippen molar-refractivity contribution < 1.29 is 9.59 Å². The molecule has 0 saturated heterocycles. The highest BCUT2D eigenvalue weighted by molar-refractivity contribution is 6.01. The van der Waals surface area contributed by atoms with Crippen LogP contribution in [-0.2, 0) is 11.3 Å². The van der Waals surface area contributed by atoms with E-state index in [1.54, 1.807) is 30.3 Å². The van der Waals surface area contributed by atoms with Crippen LogP contribution in [0.1, 0.15) is 38.1 Å². The SMILES string of the molecule is CC(C)CN(C(=O)CN(C)C(=O)c1ccccc1)c1c(N)n(CC(C)C)c(=O)[nH]c1=O. The van der Waals surface area contributed by atoms with E-state index in [4.69, 9.17) is 5.73 Å². The molecule has 0 bridgehead atoms. The molecular formula is C22H31N5O4. The number of nitrogens with zero attached hydrogens (tertiary/aromatic N) is 3. The van der Waals surface area contributed by atoms with Gasteiger partial charge in [-0.3, -0.25) is 23.9 Å². The number of aromatic nitrogens is 2. The van der Waals surface area contributed by atoms with Crippen LogP contribution >= 0.6 is 0 Å². The number of amides is 2. The zero-order valence-electron chi connectivity index (χ0n) is 18.7. The van der Waals surface area contributed by atoms with Gasteiger partial charge in [-0.1, -0.05) is 45.9 Å². The fourth-order valence-electron chi connectivity index (χ4n) is 3.23. The van der Waals surface area contributed by atoms with Crippen molar-refractivity contribution in [3.05, 3.63) is 56.7 Å². The van der Waals surface area contributed by atoms with Crippen molar-refractivity contribution in [2.75, 3.05) is 30.8 Å². The number of nitrogens with two attached hydrogens (primary N) is 1. The van der Waals surface area contributed by atoms with Crippen molar-refractivity contribution >= 4 is 23.3 Å². The molecule has 1 aromatic carbocycles. The number of likely N-dealkylation sites (N-methyl/N-ethyl adjacent to an activating group) is 1. The molecule has 0 aliphatic rings. The average molecular weight is 430 g/mol. The Morgan fingerprint density at radius 2 is 1.68 bits per heavy atom. The first-order valence-corrected chi connectivity index (χ1v) is 10.3. The third-order valence-corrected chi connectivity index (χ3v) is 4.62. The van der Waals surface area contributed by atoms with Crippen LogP contribution in [0, 0.1) is 11.8 Å². The Balaban J connectivity index is 2.42. The number of H-pyrrole nitrogens is 1. The highest BCUT2D eigenvalue weighted by atomic mass is 16.2. The zero-order valence-corrected chi connectivity index (χ0v) is 18.7. The Morgan fingerprint density at radius 1 is 1.06 bits per heavy atom. The number of nitrogens with one attached hydrogen (secondary N) is 1. The molecule has 1 aromatic heterocycles. The number of nitrogen functional groups attached to an aromatic ring is 1. The Hall–Kier alpha value is -3.36. The molecule has 168 valence electrons. The number of carbonyl (C=O) groups is 2. The van der Waals surface area contributed by atoms with Crippen LogP contribution in [0.5, 0.6) is 0 Å². The van der Waals surface area contributed by atoms with Gasteiger partial charge in [-0.15, -0.1) is 0 Å². The molecule has 0 aliphatic heterocycles. The standard InChI is InChI=1S/C22H31N5O4/c1-14(2)11-26(17(28)13-25(5)21(30)16-9-7-6-8-10-16)18-19(23)27(12-15(3)4)22(31)24-20(18)29/h6-10,14-15H,11-13,23H2,1-5H3,(H,24,29,31). The molecule has 0 aliphatic carbocycles. The van der Waals surface area contributed by atoms with Gasteiger partial charge in [-0.2, -0.15) is 0 Å². The summed E-state index contributed by atoms with van der Waals surface area (Å²) < 4.78 is 1.26. The number of benzene rings is 1. The number of hydrogen-bond acceptors (Lipinski definition) is 5. The summed E-state index contributed by atoms with van der Waals surface area (Å²) in [5, 5.41) is 0. The van der Waals surface area contributed by atoms with Crippen LogP contribution in [0.15, 0.2) is 39.9 Å². The summed E-state index contributed by atoms with van der Waals surface area (Å²) in [7, 11) is 1.52. The molecule has 9 nitrogen and oxygen atoms in total. The van der Waals surface area contributed by atoms with Gasteiger partial charge in [0, 0.05) is 25.7 Å². The van der Waals surface area contributed by atoms with Gasteiger partial charge in [-0.25, -0.2) is 4.79 Å². The van der Waals surface area contributed by atoms with E-state index in [0.29, 0.717) is 12.1 Å². The second-order valence-electron chi connectivity index (χ2n) is 8.42. The molecule has 31 heavy (non-hydrogen) atoms. The number of rotatable bonds is 8. The third kappa shape index (κ3) is 5.84. The largest absolute Gasteiger partial charge is 0.383 e. The minimum absolute atomic E-state index is 0.0170. The predicted octanol–water partition coefficient (Wildman–Crippen LogP) is 1.54. The molecule has 2 aromatic rings. The van der Waals surface area contributed by atoms with Crippen LogP contribution < -0.4 is 21.9 Å². The van der Waals surface area contributed by atoms with Crippen LogP contribution in [0.4, 0.5) is 11.5 Å². The van der Waals surface area contributed by atoms with Gasteiger partial charge in [0.25, 0.3) is 11.5 Å². The van der Waals surface area contributed by atoms with Gasteiger partial charge in [0.1, 0.15) is 12.4 Å². The van der Waals surface area contributed by atoms with Crippen molar-refractivity contribution in [2.45, 2.75) is 34.2 Å². The van der Waals surface area contributed by atoms with Crippen molar-refractivity contribution in [1.82, 2.24) is 14.5 Å². The molecule has 0 atom stereocenters. The van der Waals surface area contributed by atoms with Crippen molar-refractivity contribution in [3.63, 3.8) is 0 Å². The fraction of sp³-hybridized carbons (Fsp3) is 0.455. The smallest absolute Gasteiger partial charge is 0.330 e. The molecule has 0 saturated carbocycles. The topological polar surface area (TPSA) is 121 Å². The molecule has 1 heterocycles. The molecule has 2 amide bonds. The summed E-state index contributed by atoms with van der Waals surface area (Å²) in [5.41, 5.74) is 5.24. The lowest BCUT2D eigenvalue weighted by atomic mass is 10.1. The Morgan fingerprint density at radius 3 is 2.23 bits per heavy atom. The quantitative estimate of drug-likeness (QED) is 0.659. The number of anilines is 2. The predicted molar refractivity (Wildman–Crippen MR) is 121 cm³/mol. The average Bonchev–Trinajstić information content (AvgIpc) is 2.69. The molecule has 0 fully saturated rings. The highest BCUT2D eigenvalue weighted by Crippen LogP contribution is 2.19. The summed E-state index contributed by atoms with van der Waals surface area (Å²) >= 11 is 0. The Labute approximate surface area is 181 Å². The summed E-state index contributed by atoms with van der Waals surface area (Å²) in [6.45, 7) is 7.88. The van der Waals surface area contributed by atoms with Crippen molar-refractivity contribution in [3.8, 4) is 0 Å². The maximum Gasteiger partial charge on any atom is 0.330 e. The van der Waals surface area contributed by atoms with E-state index in [2.05, 4.69) is 4.98 Å². The lowest BCUT2D eigenvalue weighted by Gasteiger charge is -2.28. The Bertz CT molecular complexity index is 1040. The zero-order chi connectivity index (χ0) is 23.3. The fourth-order valence-corrected chi connectivity index (χ4v) is 3.23. The highest BCUT2D eigenvalue weighted by Gasteiger charge is 2.27. The van der Waals surface area contributed by atoms with E-state index in [0.717, 1.165) is 0 Å². The normalized spacial score (nSPS) is 11.1. The van der Waals surface area contributed by atoms with Gasteiger partial charge >= 0.3 is 5.69 Å². The first-order valence-electron chi connectivity index (χ1n) is 10.3. The van der Waals surface area contributed by atoms with Crippen LogP contribution in [0.25, 0.3) is 0 Å². The van der Waals surface area contributed by atoms with Gasteiger partial charge in [0.15, 0.2) is 5.69 Å². The van der Waals surface area contributed by atoms with Crippen LogP contribution in [0.3, 0.4) is 0 Å². The first kappa shape index (κ1) is 23.9. The van der Waals surface area contributed by atoms with E-state index in [-0.39, 0.29) is 42.3 Å². The number of aromatic amines is 1. The third-order valence-electron chi connectivity index (χ3n) is 4.62. The van der Waals surface area contributed by atoms with Gasteiger partial charge in [0.05, 0.1) is 0 Å². The van der Waals surface area contributed by atoms with Crippen molar-refractivity contribution in [2.24, 2.45) is 11.8 Å². The summed E-state index contributed by atoms with van der Waals surface area (Å²) in [4.78, 5) is 55.5. The lowest BCUT2D eigenvalue weighted by molar-refractivity contribution is -0.119. The van der Waals surface area contributed by atoms with E-state index in [9.17, 15) is 19.2 Å². The molecule has 0 unspecified atom stereocenters. The summed E-state index contributed by atoms with van der Waals surface area (Å²) in [6.07, 6.45) is 0. The van der Waals surface area contributed by atoms with Gasteiger partial charge < -0.3 is 15.5 Å². The maximum atomic E-state index is 13.2. The summed E-state index contributed by atoms with van der Waals surface area (Å²) in [5.74, 6) is -0.725. The molecule has 2 rings (SSSR count). The monoisotopic (exact) mass is 429 g/mol. The van der Waals surface area contributed by atoms with E-state index < -0.39 is 17.2 Å². The molecule has 0 radical (unpaired) electrons. The first-order chi connectivity index (χ1) is 14.5. The second kappa shape index (κ2) is 10.1. The van der Waals surface area contributed by atoms with E-state index in [1.807, 2.05) is 27.7 Å². The molecule has 9 heteroatoms. The molecular weight excluding hydrogens is 398 g/mol. The van der Waals surface area contributed by atoms with Crippen LogP contribution in [-0.4, -0.2) is 46.4 Å². The Kier molecular flexibility index (Phi) is 7.79. The minimum Gasteiger partial charge on any atom is -0.383 e. The number of carbonyl (C=O) groups excluding carboxylic acids is 2. The van der Waals surface area contributed by atoms with Crippen molar-refractivity contribution in [1.29, 1.82) is 0 Å². The number of hydrogen-bond donors (Lipinski definition) is 2.